The molecule has 1 saturated heterocycles. The van der Waals surface area contributed by atoms with Crippen molar-refractivity contribution < 1.29 is 39.1 Å². The van der Waals surface area contributed by atoms with Crippen molar-refractivity contribution in [1.82, 2.24) is 4.90 Å². The normalized spacial score (nSPS) is 21.9. The SMILES string of the molecule is O=S(=O)(O)C(O)[C@H]1CCCN1Cc1ccccc1.[W]. The van der Waals surface area contributed by atoms with E-state index in [0.29, 0.717) is 13.0 Å². The smallest absolute Gasteiger partial charge is 0.293 e. The molecule has 1 aromatic rings. The van der Waals surface area contributed by atoms with E-state index < -0.39 is 21.6 Å². The number of aliphatic hydroxyl groups is 1. The number of benzene rings is 1. The summed E-state index contributed by atoms with van der Waals surface area (Å²) in [4.78, 5) is 1.90. The van der Waals surface area contributed by atoms with Crippen molar-refractivity contribution in [2.75, 3.05) is 6.54 Å². The van der Waals surface area contributed by atoms with Crippen LogP contribution in [0.3, 0.4) is 0 Å². The molecule has 1 aliphatic heterocycles. The van der Waals surface area contributed by atoms with Crippen LogP contribution in [-0.4, -0.2) is 41.0 Å². The molecule has 0 amide bonds. The largest absolute Gasteiger partial charge is 0.374 e. The third-order valence-electron chi connectivity index (χ3n) is 3.28. The number of rotatable bonds is 4. The zero-order valence-electron chi connectivity index (χ0n) is 10.3. The quantitative estimate of drug-likeness (QED) is 0.659. The van der Waals surface area contributed by atoms with Gasteiger partial charge >= 0.3 is 0 Å². The average Bonchev–Trinajstić information content (AvgIpc) is 2.76. The van der Waals surface area contributed by atoms with Gasteiger partial charge in [-0.1, -0.05) is 30.3 Å². The summed E-state index contributed by atoms with van der Waals surface area (Å²) >= 11 is 0. The van der Waals surface area contributed by atoms with Gasteiger partial charge in [-0.2, -0.15) is 8.42 Å². The molecular weight excluding hydrogens is 438 g/mol. The zero-order chi connectivity index (χ0) is 13.2. The van der Waals surface area contributed by atoms with Gasteiger partial charge < -0.3 is 5.11 Å². The maximum absolute atomic E-state index is 11.0. The summed E-state index contributed by atoms with van der Waals surface area (Å²) in [5.41, 5.74) is -0.657. The molecule has 0 aromatic heterocycles. The topological polar surface area (TPSA) is 77.8 Å². The Balaban J connectivity index is 0.00000180. The summed E-state index contributed by atoms with van der Waals surface area (Å²) in [5, 5.41) is 9.65. The first kappa shape index (κ1) is 16.8. The second-order valence-corrected chi connectivity index (χ2v) is 6.08. The van der Waals surface area contributed by atoms with Gasteiger partial charge in [0.25, 0.3) is 10.1 Å². The third kappa shape index (κ3) is 4.36. The molecule has 19 heavy (non-hydrogen) atoms. The van der Waals surface area contributed by atoms with Crippen LogP contribution < -0.4 is 0 Å². The minimum atomic E-state index is -4.40. The fourth-order valence-electron chi connectivity index (χ4n) is 2.39. The van der Waals surface area contributed by atoms with Crippen molar-refractivity contribution in [3.05, 3.63) is 35.9 Å². The minimum absolute atomic E-state index is 0. The summed E-state index contributed by atoms with van der Waals surface area (Å²) < 4.78 is 30.9. The predicted molar refractivity (Wildman–Crippen MR) is 67.4 cm³/mol. The second kappa shape index (κ2) is 6.95. The van der Waals surface area contributed by atoms with Crippen molar-refractivity contribution in [1.29, 1.82) is 0 Å². The molecule has 1 heterocycles. The van der Waals surface area contributed by atoms with E-state index in [0.717, 1.165) is 18.5 Å². The molecule has 0 aliphatic carbocycles. The van der Waals surface area contributed by atoms with Gasteiger partial charge in [0.1, 0.15) is 0 Å². The number of nitrogens with zero attached hydrogens (tertiary/aromatic N) is 1. The van der Waals surface area contributed by atoms with Gasteiger partial charge in [-0.25, -0.2) is 0 Å². The van der Waals surface area contributed by atoms with Gasteiger partial charge in [-0.05, 0) is 24.9 Å². The molecule has 1 unspecified atom stereocenters. The number of hydrogen-bond donors (Lipinski definition) is 2. The van der Waals surface area contributed by atoms with Crippen LogP contribution in [0.25, 0.3) is 0 Å². The molecule has 7 heteroatoms. The van der Waals surface area contributed by atoms with Gasteiger partial charge in [0, 0.05) is 27.6 Å². The Kier molecular flexibility index (Phi) is 6.14. The molecule has 2 N–H and O–H groups in total. The van der Waals surface area contributed by atoms with Crippen molar-refractivity contribution in [2.45, 2.75) is 30.9 Å². The molecule has 0 bridgehead atoms. The van der Waals surface area contributed by atoms with Crippen molar-refractivity contribution in [2.24, 2.45) is 0 Å². The Hall–Kier alpha value is -0.262. The molecular formula is C12H17NO4SW. The van der Waals surface area contributed by atoms with Gasteiger partial charge in [-0.3, -0.25) is 9.45 Å². The van der Waals surface area contributed by atoms with E-state index in [1.54, 1.807) is 0 Å². The molecule has 1 aromatic carbocycles. The predicted octanol–water partition coefficient (Wildman–Crippen LogP) is 0.855. The van der Waals surface area contributed by atoms with Crippen molar-refractivity contribution in [3.8, 4) is 0 Å². The Morgan fingerprint density at radius 3 is 2.53 bits per heavy atom. The number of likely N-dealkylation sites (tertiary alicyclic amines) is 1. The van der Waals surface area contributed by atoms with E-state index >= 15 is 0 Å². The third-order valence-corrected chi connectivity index (χ3v) is 4.20. The Morgan fingerprint density at radius 2 is 1.95 bits per heavy atom. The van der Waals surface area contributed by atoms with Crippen LogP contribution in [0.4, 0.5) is 0 Å². The summed E-state index contributed by atoms with van der Waals surface area (Å²) in [7, 11) is -4.40. The van der Waals surface area contributed by atoms with Crippen LogP contribution in [0.15, 0.2) is 30.3 Å². The number of hydrogen-bond acceptors (Lipinski definition) is 4. The summed E-state index contributed by atoms with van der Waals surface area (Å²) in [5.74, 6) is 0. The van der Waals surface area contributed by atoms with E-state index in [4.69, 9.17) is 4.55 Å². The van der Waals surface area contributed by atoms with Crippen LogP contribution in [-0.2, 0) is 37.7 Å². The fraction of sp³-hybridized carbons (Fsp3) is 0.500. The van der Waals surface area contributed by atoms with Gasteiger partial charge in [0.2, 0.25) is 0 Å². The molecule has 0 spiro atoms. The summed E-state index contributed by atoms with van der Waals surface area (Å²) in [6.45, 7) is 1.31. The minimum Gasteiger partial charge on any atom is -0.374 e. The summed E-state index contributed by atoms with van der Waals surface area (Å²) in [6, 6.07) is 9.13. The van der Waals surface area contributed by atoms with E-state index in [1.807, 2.05) is 35.2 Å². The Labute approximate surface area is 127 Å². The van der Waals surface area contributed by atoms with Gasteiger partial charge in [0.05, 0.1) is 6.04 Å². The van der Waals surface area contributed by atoms with Crippen LogP contribution in [0.2, 0.25) is 0 Å². The molecule has 0 radical (unpaired) electrons. The van der Waals surface area contributed by atoms with Crippen molar-refractivity contribution >= 4 is 10.1 Å². The number of aliphatic hydroxyl groups excluding tert-OH is 1. The molecule has 106 valence electrons. The molecule has 2 rings (SSSR count). The molecule has 2 atom stereocenters. The zero-order valence-corrected chi connectivity index (χ0v) is 14.1. The van der Waals surface area contributed by atoms with E-state index in [9.17, 15) is 13.5 Å². The van der Waals surface area contributed by atoms with Gasteiger partial charge in [-0.15, -0.1) is 0 Å². The maximum atomic E-state index is 11.0. The van der Waals surface area contributed by atoms with Gasteiger partial charge in [0.15, 0.2) is 5.44 Å². The first-order valence-electron chi connectivity index (χ1n) is 5.91. The van der Waals surface area contributed by atoms with Crippen molar-refractivity contribution in [3.63, 3.8) is 0 Å². The first-order chi connectivity index (χ1) is 8.48. The molecule has 1 fully saturated rings. The van der Waals surface area contributed by atoms with E-state index in [2.05, 4.69) is 0 Å². The molecule has 0 saturated carbocycles. The molecule has 1 aliphatic rings. The second-order valence-electron chi connectivity index (χ2n) is 4.57. The standard InChI is InChI=1S/C12H17NO4S.W/c14-12(18(15,16)17)11-7-4-8-13(11)9-10-5-2-1-3-6-10;/h1-3,5-6,11-12,14H,4,7-9H2,(H,15,16,17);/t11-,12?;/m1./s1. The first-order valence-corrected chi connectivity index (χ1v) is 7.41. The van der Waals surface area contributed by atoms with Crippen LogP contribution in [0.1, 0.15) is 18.4 Å². The average molecular weight is 455 g/mol. The Morgan fingerprint density at radius 1 is 1.32 bits per heavy atom. The van der Waals surface area contributed by atoms with Crippen LogP contribution >= 0.6 is 0 Å². The van der Waals surface area contributed by atoms with Crippen LogP contribution in [0.5, 0.6) is 0 Å². The Bertz CT molecular complexity index is 494. The maximum Gasteiger partial charge on any atom is 0.293 e. The fourth-order valence-corrected chi connectivity index (χ4v) is 3.09. The van der Waals surface area contributed by atoms with Crippen LogP contribution in [0, 0.1) is 0 Å². The van der Waals surface area contributed by atoms with E-state index in [-0.39, 0.29) is 21.1 Å². The summed E-state index contributed by atoms with van der Waals surface area (Å²) in [6.07, 6.45) is 1.40. The monoisotopic (exact) mass is 455 g/mol. The molecule has 5 nitrogen and oxygen atoms in total. The van der Waals surface area contributed by atoms with E-state index in [1.165, 1.54) is 0 Å².